The largest absolute Gasteiger partial charge is 0.488 e. The predicted octanol–water partition coefficient (Wildman–Crippen LogP) is 4.76. The number of carbonyl (C=O) groups is 1. The van der Waals surface area contributed by atoms with Crippen molar-refractivity contribution in [3.05, 3.63) is 69.7 Å². The summed E-state index contributed by atoms with van der Waals surface area (Å²) < 4.78 is 6.56. The molecule has 4 heteroatoms. The highest BCUT2D eigenvalue weighted by Gasteiger charge is 2.08. The van der Waals surface area contributed by atoms with E-state index < -0.39 is 5.97 Å². The van der Waals surface area contributed by atoms with Gasteiger partial charge in [0.2, 0.25) is 0 Å². The monoisotopic (exact) mass is 346 g/mol. The maximum absolute atomic E-state index is 10.9. The first-order chi connectivity index (χ1) is 10.1. The van der Waals surface area contributed by atoms with Crippen LogP contribution in [-0.2, 0) is 6.61 Å². The molecular weight excluding hydrogens is 332 g/mol. The Kier molecular flexibility index (Phi) is 5.17. The lowest BCUT2D eigenvalue weighted by Gasteiger charge is -2.11. The number of allylic oxidation sites excluding steroid dienone is 1. The first kappa shape index (κ1) is 15.3. The Balaban J connectivity index is 2.15. The molecule has 2 aromatic carbocycles. The Hall–Kier alpha value is -2.07. The number of carboxylic acids is 1. The van der Waals surface area contributed by atoms with Crippen molar-refractivity contribution in [3.8, 4) is 5.75 Å². The van der Waals surface area contributed by atoms with Gasteiger partial charge in [-0.15, -0.1) is 0 Å². The number of halogens is 1. The number of ether oxygens (including phenoxy) is 1. The highest BCUT2D eigenvalue weighted by Crippen LogP contribution is 2.24. The summed E-state index contributed by atoms with van der Waals surface area (Å²) in [6.07, 6.45) is 3.94. The molecule has 0 aliphatic carbocycles. The molecule has 0 saturated heterocycles. The lowest BCUT2D eigenvalue weighted by molar-refractivity contribution is 0.0696. The molecule has 2 rings (SSSR count). The Morgan fingerprint density at radius 3 is 2.71 bits per heavy atom. The van der Waals surface area contributed by atoms with Crippen molar-refractivity contribution >= 4 is 28.0 Å². The van der Waals surface area contributed by atoms with Gasteiger partial charge >= 0.3 is 5.97 Å². The molecule has 0 aliphatic heterocycles. The molecular formula is C17H15BrO3. The number of hydrogen-bond acceptors (Lipinski definition) is 2. The van der Waals surface area contributed by atoms with E-state index in [4.69, 9.17) is 9.84 Å². The zero-order valence-corrected chi connectivity index (χ0v) is 13.1. The Bertz CT molecular complexity index is 677. The number of carboxylic acid groups (broad SMARTS) is 1. The van der Waals surface area contributed by atoms with Crippen LogP contribution in [0.1, 0.15) is 28.4 Å². The molecule has 0 atom stereocenters. The van der Waals surface area contributed by atoms with Crippen LogP contribution >= 0.6 is 15.9 Å². The van der Waals surface area contributed by atoms with Gasteiger partial charge in [-0.1, -0.05) is 52.3 Å². The molecule has 2 aromatic rings. The molecule has 0 bridgehead atoms. The van der Waals surface area contributed by atoms with E-state index in [1.165, 1.54) is 0 Å². The molecule has 3 nitrogen and oxygen atoms in total. The molecule has 21 heavy (non-hydrogen) atoms. The summed E-state index contributed by atoms with van der Waals surface area (Å²) in [6.45, 7) is 2.33. The van der Waals surface area contributed by atoms with Crippen molar-refractivity contribution < 1.29 is 14.6 Å². The molecule has 0 saturated carbocycles. The van der Waals surface area contributed by atoms with Crippen molar-refractivity contribution in [2.45, 2.75) is 13.5 Å². The molecule has 0 amide bonds. The predicted molar refractivity (Wildman–Crippen MR) is 86.6 cm³/mol. The zero-order valence-electron chi connectivity index (χ0n) is 11.5. The van der Waals surface area contributed by atoms with Crippen LogP contribution in [0.5, 0.6) is 5.75 Å². The summed E-state index contributed by atoms with van der Waals surface area (Å²) in [5.41, 5.74) is 2.16. The minimum Gasteiger partial charge on any atom is -0.488 e. The van der Waals surface area contributed by atoms with E-state index in [-0.39, 0.29) is 5.56 Å². The molecule has 1 N–H and O–H groups in total. The third kappa shape index (κ3) is 3.95. The van der Waals surface area contributed by atoms with E-state index in [0.29, 0.717) is 6.61 Å². The number of benzene rings is 2. The van der Waals surface area contributed by atoms with Crippen molar-refractivity contribution in [1.82, 2.24) is 0 Å². The zero-order chi connectivity index (χ0) is 15.2. The molecule has 0 aromatic heterocycles. The third-order valence-electron chi connectivity index (χ3n) is 2.95. The third-order valence-corrected chi connectivity index (χ3v) is 3.69. The first-order valence-corrected chi connectivity index (χ1v) is 7.27. The van der Waals surface area contributed by atoms with E-state index >= 15 is 0 Å². The molecule has 0 spiro atoms. The molecule has 0 unspecified atom stereocenters. The van der Waals surface area contributed by atoms with Gasteiger partial charge in [0.1, 0.15) is 12.4 Å². The van der Waals surface area contributed by atoms with Crippen LogP contribution in [0.3, 0.4) is 0 Å². The number of rotatable bonds is 5. The number of aromatic carboxylic acids is 1. The standard InChI is InChI=1S/C17H15BrO3/c1-2-5-12-6-3-4-7-16(12)21-11-14-9-8-13(17(19)20)10-15(14)18/h2-10H,11H2,1H3,(H,19,20)/b5-2+. The van der Waals surface area contributed by atoms with Crippen LogP contribution < -0.4 is 4.74 Å². The van der Waals surface area contributed by atoms with Gasteiger partial charge in [-0.25, -0.2) is 4.79 Å². The van der Waals surface area contributed by atoms with Crippen molar-refractivity contribution in [1.29, 1.82) is 0 Å². The molecule has 0 aliphatic rings. The molecule has 108 valence electrons. The van der Waals surface area contributed by atoms with Crippen LogP contribution in [0.4, 0.5) is 0 Å². The highest BCUT2D eigenvalue weighted by molar-refractivity contribution is 9.10. The molecule has 0 fully saturated rings. The Labute approximate surface area is 132 Å². The van der Waals surface area contributed by atoms with Crippen LogP contribution in [-0.4, -0.2) is 11.1 Å². The Morgan fingerprint density at radius 1 is 1.29 bits per heavy atom. The lowest BCUT2D eigenvalue weighted by Crippen LogP contribution is -2.01. The van der Waals surface area contributed by atoms with Gasteiger partial charge in [0, 0.05) is 15.6 Å². The van der Waals surface area contributed by atoms with Gasteiger partial charge in [0.15, 0.2) is 0 Å². The summed E-state index contributed by atoms with van der Waals surface area (Å²) in [7, 11) is 0. The second kappa shape index (κ2) is 7.09. The summed E-state index contributed by atoms with van der Waals surface area (Å²) in [6, 6.07) is 12.7. The van der Waals surface area contributed by atoms with Crippen molar-refractivity contribution in [2.75, 3.05) is 0 Å². The Morgan fingerprint density at radius 2 is 2.05 bits per heavy atom. The first-order valence-electron chi connectivity index (χ1n) is 6.48. The molecule has 0 radical (unpaired) electrons. The van der Waals surface area contributed by atoms with Gasteiger partial charge in [-0.05, 0) is 25.1 Å². The van der Waals surface area contributed by atoms with E-state index in [2.05, 4.69) is 15.9 Å². The average molecular weight is 347 g/mol. The smallest absolute Gasteiger partial charge is 0.335 e. The van der Waals surface area contributed by atoms with Gasteiger partial charge in [-0.3, -0.25) is 0 Å². The molecule has 0 heterocycles. The fourth-order valence-corrected chi connectivity index (χ4v) is 2.38. The average Bonchev–Trinajstić information content (AvgIpc) is 2.47. The summed E-state index contributed by atoms with van der Waals surface area (Å²) in [4.78, 5) is 10.9. The van der Waals surface area contributed by atoms with Crippen LogP contribution in [0.15, 0.2) is 53.0 Å². The van der Waals surface area contributed by atoms with Gasteiger partial charge in [-0.2, -0.15) is 0 Å². The number of hydrogen-bond donors (Lipinski definition) is 1. The van der Waals surface area contributed by atoms with Gasteiger partial charge in [0.05, 0.1) is 5.56 Å². The number of para-hydroxylation sites is 1. The lowest BCUT2D eigenvalue weighted by atomic mass is 10.1. The van der Waals surface area contributed by atoms with Crippen LogP contribution in [0.2, 0.25) is 0 Å². The topological polar surface area (TPSA) is 46.5 Å². The van der Waals surface area contributed by atoms with Gasteiger partial charge < -0.3 is 9.84 Å². The normalized spacial score (nSPS) is 10.8. The summed E-state index contributed by atoms with van der Waals surface area (Å²) >= 11 is 3.38. The quantitative estimate of drug-likeness (QED) is 0.848. The van der Waals surface area contributed by atoms with Crippen molar-refractivity contribution in [3.63, 3.8) is 0 Å². The van der Waals surface area contributed by atoms with Crippen LogP contribution in [0, 0.1) is 0 Å². The maximum atomic E-state index is 10.9. The second-order valence-corrected chi connectivity index (χ2v) is 5.29. The fraction of sp³-hybridized carbons (Fsp3) is 0.118. The van der Waals surface area contributed by atoms with E-state index in [9.17, 15) is 4.79 Å². The summed E-state index contributed by atoms with van der Waals surface area (Å²) in [5, 5.41) is 8.94. The SMILES string of the molecule is C/C=C/c1ccccc1OCc1ccc(C(=O)O)cc1Br. The minimum atomic E-state index is -0.943. The van der Waals surface area contributed by atoms with E-state index in [1.807, 2.05) is 43.3 Å². The maximum Gasteiger partial charge on any atom is 0.335 e. The second-order valence-electron chi connectivity index (χ2n) is 4.44. The van der Waals surface area contributed by atoms with Crippen LogP contribution in [0.25, 0.3) is 6.08 Å². The van der Waals surface area contributed by atoms with E-state index in [1.54, 1.807) is 18.2 Å². The highest BCUT2D eigenvalue weighted by atomic mass is 79.9. The van der Waals surface area contributed by atoms with Gasteiger partial charge in [0.25, 0.3) is 0 Å². The van der Waals surface area contributed by atoms with E-state index in [0.717, 1.165) is 21.3 Å². The fourth-order valence-electron chi connectivity index (χ4n) is 1.88. The minimum absolute atomic E-state index is 0.250. The summed E-state index contributed by atoms with van der Waals surface area (Å²) in [5.74, 6) is -0.147. The van der Waals surface area contributed by atoms with Crippen molar-refractivity contribution in [2.24, 2.45) is 0 Å².